The van der Waals surface area contributed by atoms with Gasteiger partial charge in [-0.3, -0.25) is 19.2 Å². The van der Waals surface area contributed by atoms with Crippen LogP contribution in [0.5, 0.6) is 0 Å². The molecule has 0 saturated carbocycles. The first-order valence-electron chi connectivity index (χ1n) is 11.6. The van der Waals surface area contributed by atoms with Gasteiger partial charge in [-0.1, -0.05) is 31.4 Å². The molecule has 2 aromatic rings. The van der Waals surface area contributed by atoms with Crippen LogP contribution in [0.3, 0.4) is 0 Å². The van der Waals surface area contributed by atoms with E-state index < -0.39 is 0 Å². The first-order valence-corrected chi connectivity index (χ1v) is 11.6. The van der Waals surface area contributed by atoms with Crippen LogP contribution >= 0.6 is 0 Å². The molecule has 166 valence electrons. The number of benzene rings is 1. The molecule has 31 heavy (non-hydrogen) atoms. The van der Waals surface area contributed by atoms with Gasteiger partial charge in [0.15, 0.2) is 5.69 Å². The summed E-state index contributed by atoms with van der Waals surface area (Å²) >= 11 is 0. The highest BCUT2D eigenvalue weighted by Crippen LogP contribution is 2.39. The average molecular weight is 424 g/mol. The molecule has 1 fully saturated rings. The molecule has 4 rings (SSSR count). The lowest BCUT2D eigenvalue weighted by Gasteiger charge is -2.23. The van der Waals surface area contributed by atoms with Gasteiger partial charge in [-0.2, -0.15) is 5.10 Å². The Labute approximate surface area is 184 Å². The molecule has 2 amide bonds. The summed E-state index contributed by atoms with van der Waals surface area (Å²) in [6.07, 6.45) is 8.80. The summed E-state index contributed by atoms with van der Waals surface area (Å²) in [6.45, 7) is 5.41. The molecule has 0 radical (unpaired) electrons. The Balaban J connectivity index is 1.45. The van der Waals surface area contributed by atoms with E-state index in [1.807, 2.05) is 31.2 Å². The van der Waals surface area contributed by atoms with Crippen LogP contribution in [0.2, 0.25) is 0 Å². The van der Waals surface area contributed by atoms with Crippen LogP contribution in [-0.2, 0) is 11.8 Å². The highest BCUT2D eigenvalue weighted by molar-refractivity contribution is 6.17. The number of fused-ring (bicyclic) bond motifs is 2. The lowest BCUT2D eigenvalue weighted by Crippen LogP contribution is -2.27. The predicted octanol–water partition coefficient (Wildman–Crippen LogP) is 4.40. The Kier molecular flexibility index (Phi) is 6.70. The molecule has 1 aromatic heterocycles. The molecule has 1 N–H and O–H groups in total. The third-order valence-electron chi connectivity index (χ3n) is 6.34. The van der Waals surface area contributed by atoms with E-state index in [1.54, 1.807) is 16.6 Å². The molecular formula is C24H33N5O2. The summed E-state index contributed by atoms with van der Waals surface area (Å²) in [4.78, 5) is 30.5. The number of unbranched alkanes of at least 4 members (excludes halogenated alkanes) is 2. The van der Waals surface area contributed by atoms with Crippen molar-refractivity contribution in [3.8, 4) is 0 Å². The molecule has 1 aromatic carbocycles. The van der Waals surface area contributed by atoms with Crippen LogP contribution in [-0.4, -0.2) is 46.1 Å². The van der Waals surface area contributed by atoms with Crippen molar-refractivity contribution >= 4 is 28.9 Å². The number of hydrogen-bond donors (Lipinski definition) is 1. The van der Waals surface area contributed by atoms with Crippen molar-refractivity contribution < 1.29 is 9.59 Å². The van der Waals surface area contributed by atoms with E-state index in [1.165, 1.54) is 38.8 Å². The van der Waals surface area contributed by atoms with E-state index in [0.29, 0.717) is 34.9 Å². The maximum atomic E-state index is 13.4. The van der Waals surface area contributed by atoms with Crippen LogP contribution in [0.25, 0.3) is 0 Å². The summed E-state index contributed by atoms with van der Waals surface area (Å²) in [5.74, 6) is -0.227. The minimum atomic E-state index is -0.238. The Bertz CT molecular complexity index is 943. The molecule has 1 saturated heterocycles. The number of anilines is 3. The van der Waals surface area contributed by atoms with Gasteiger partial charge in [0.2, 0.25) is 5.91 Å². The minimum absolute atomic E-state index is 0.0103. The van der Waals surface area contributed by atoms with Crippen molar-refractivity contribution in [1.82, 2.24) is 14.7 Å². The molecule has 3 heterocycles. The highest BCUT2D eigenvalue weighted by atomic mass is 16.2. The lowest BCUT2D eigenvalue weighted by atomic mass is 10.1. The number of aromatic nitrogens is 2. The van der Waals surface area contributed by atoms with Gasteiger partial charge < -0.3 is 10.2 Å². The largest absolute Gasteiger partial charge is 0.319 e. The first-order chi connectivity index (χ1) is 15.1. The van der Waals surface area contributed by atoms with E-state index >= 15 is 0 Å². The van der Waals surface area contributed by atoms with Crippen molar-refractivity contribution in [2.45, 2.75) is 58.3 Å². The van der Waals surface area contributed by atoms with Crippen molar-refractivity contribution in [3.05, 3.63) is 35.7 Å². The van der Waals surface area contributed by atoms with Gasteiger partial charge in [0.1, 0.15) is 5.69 Å². The summed E-state index contributed by atoms with van der Waals surface area (Å²) in [6, 6.07) is 7.48. The minimum Gasteiger partial charge on any atom is -0.319 e. The van der Waals surface area contributed by atoms with E-state index in [9.17, 15) is 9.59 Å². The van der Waals surface area contributed by atoms with Crippen molar-refractivity contribution in [2.75, 3.05) is 29.9 Å². The highest BCUT2D eigenvalue weighted by Gasteiger charge is 2.33. The molecule has 0 atom stereocenters. The normalized spacial score (nSPS) is 16.8. The zero-order chi connectivity index (χ0) is 21.8. The Morgan fingerprint density at radius 2 is 1.81 bits per heavy atom. The van der Waals surface area contributed by atoms with Crippen molar-refractivity contribution in [2.24, 2.45) is 7.05 Å². The molecule has 7 heteroatoms. The summed E-state index contributed by atoms with van der Waals surface area (Å²) in [5.41, 5.74) is 3.06. The van der Waals surface area contributed by atoms with Gasteiger partial charge in [0, 0.05) is 13.5 Å². The number of aryl methyl sites for hydroxylation is 2. The number of likely N-dealkylation sites (tertiary alicyclic amines) is 1. The SMILES string of the molecule is Cc1nn(C)c2c1N(C(=O)CCCCCN1CCCCCC1)c1ccccc1NC2=O. The van der Waals surface area contributed by atoms with Gasteiger partial charge in [-0.05, 0) is 64.4 Å². The first kappa shape index (κ1) is 21.6. The number of rotatable bonds is 6. The fraction of sp³-hybridized carbons (Fsp3) is 0.542. The van der Waals surface area contributed by atoms with Crippen molar-refractivity contribution in [1.29, 1.82) is 0 Å². The van der Waals surface area contributed by atoms with Crippen LogP contribution in [0.15, 0.2) is 24.3 Å². The van der Waals surface area contributed by atoms with Crippen molar-refractivity contribution in [3.63, 3.8) is 0 Å². The Morgan fingerprint density at radius 1 is 1.06 bits per heavy atom. The Hall–Kier alpha value is -2.67. The quantitative estimate of drug-likeness (QED) is 0.700. The lowest BCUT2D eigenvalue weighted by molar-refractivity contribution is -0.118. The number of carbonyl (C=O) groups excluding carboxylic acids is 2. The second kappa shape index (κ2) is 9.64. The van der Waals surface area contributed by atoms with Crippen LogP contribution in [0.1, 0.15) is 67.5 Å². The summed E-state index contributed by atoms with van der Waals surface area (Å²) < 4.78 is 1.56. The molecule has 7 nitrogen and oxygen atoms in total. The third-order valence-corrected chi connectivity index (χ3v) is 6.34. The molecule has 2 aliphatic heterocycles. The maximum Gasteiger partial charge on any atom is 0.276 e. The average Bonchev–Trinajstić information content (AvgIpc) is 2.93. The molecule has 0 unspecified atom stereocenters. The maximum absolute atomic E-state index is 13.4. The van der Waals surface area contributed by atoms with E-state index in [2.05, 4.69) is 15.3 Å². The number of hydrogen-bond acceptors (Lipinski definition) is 4. The topological polar surface area (TPSA) is 70.5 Å². The summed E-state index contributed by atoms with van der Waals surface area (Å²) in [7, 11) is 1.74. The zero-order valence-corrected chi connectivity index (χ0v) is 18.7. The second-order valence-corrected chi connectivity index (χ2v) is 8.67. The zero-order valence-electron chi connectivity index (χ0n) is 18.7. The fourth-order valence-corrected chi connectivity index (χ4v) is 4.76. The van der Waals surface area contributed by atoms with Gasteiger partial charge in [0.05, 0.1) is 17.1 Å². The van der Waals surface area contributed by atoms with Crippen LogP contribution in [0, 0.1) is 6.92 Å². The smallest absolute Gasteiger partial charge is 0.276 e. The van der Waals surface area contributed by atoms with Gasteiger partial charge >= 0.3 is 0 Å². The van der Waals surface area contributed by atoms with E-state index in [-0.39, 0.29) is 11.8 Å². The number of carbonyl (C=O) groups is 2. The van der Waals surface area contributed by atoms with Crippen LogP contribution < -0.4 is 10.2 Å². The van der Waals surface area contributed by atoms with Gasteiger partial charge in [-0.25, -0.2) is 0 Å². The number of nitrogens with one attached hydrogen (secondary N) is 1. The number of nitrogens with zero attached hydrogens (tertiary/aromatic N) is 4. The predicted molar refractivity (Wildman–Crippen MR) is 123 cm³/mol. The van der Waals surface area contributed by atoms with Gasteiger partial charge in [-0.15, -0.1) is 0 Å². The van der Waals surface area contributed by atoms with Crippen LogP contribution in [0.4, 0.5) is 17.1 Å². The van der Waals surface area contributed by atoms with E-state index in [4.69, 9.17) is 0 Å². The molecule has 0 spiro atoms. The second-order valence-electron chi connectivity index (χ2n) is 8.67. The van der Waals surface area contributed by atoms with Gasteiger partial charge in [0.25, 0.3) is 5.91 Å². The standard InChI is InChI=1S/C24H33N5O2/c1-18-22-23(27(2)26-18)24(31)25-19-12-7-8-13-20(19)29(22)21(30)14-6-5-11-17-28-15-9-3-4-10-16-28/h7-8,12-13H,3-6,9-11,14-17H2,1-2H3,(H,25,31). The number of para-hydroxylation sites is 2. The summed E-state index contributed by atoms with van der Waals surface area (Å²) in [5, 5.41) is 7.35. The van der Waals surface area contributed by atoms with E-state index in [0.717, 1.165) is 25.8 Å². The molecular weight excluding hydrogens is 390 g/mol. The Morgan fingerprint density at radius 3 is 2.58 bits per heavy atom. The third kappa shape index (κ3) is 4.66. The number of amides is 2. The fourth-order valence-electron chi connectivity index (χ4n) is 4.76. The molecule has 0 aliphatic carbocycles. The molecule has 0 bridgehead atoms. The molecule has 2 aliphatic rings. The monoisotopic (exact) mass is 423 g/mol.